The second-order valence-corrected chi connectivity index (χ2v) is 9.27. The number of nitrogens with two attached hydrogens (primary N) is 1. The summed E-state index contributed by atoms with van der Waals surface area (Å²) in [6.45, 7) is 5.55. The van der Waals surface area contributed by atoms with E-state index in [0.717, 1.165) is 0 Å². The molecule has 1 saturated heterocycles. The van der Waals surface area contributed by atoms with E-state index in [4.69, 9.17) is 5.73 Å². The first-order chi connectivity index (χ1) is 17.5. The molecule has 4 rings (SSSR count). The number of aryl methyl sites for hydroxylation is 1. The molecule has 1 fully saturated rings. The van der Waals surface area contributed by atoms with Crippen molar-refractivity contribution < 1.29 is 22.8 Å². The van der Waals surface area contributed by atoms with Crippen LogP contribution in [0.5, 0.6) is 0 Å². The molecule has 11 heteroatoms. The van der Waals surface area contributed by atoms with Crippen LogP contribution in [0, 0.1) is 0 Å². The van der Waals surface area contributed by atoms with Gasteiger partial charge in [-0.3, -0.25) is 24.5 Å². The Hall–Kier alpha value is -3.76. The van der Waals surface area contributed by atoms with Crippen molar-refractivity contribution in [2.24, 2.45) is 10.7 Å². The van der Waals surface area contributed by atoms with Gasteiger partial charge in [-0.2, -0.15) is 13.2 Å². The number of piperazine rings is 1. The van der Waals surface area contributed by atoms with Crippen LogP contribution in [0.15, 0.2) is 53.4 Å². The lowest BCUT2D eigenvalue weighted by Gasteiger charge is -2.39. The molecule has 196 valence electrons. The molecule has 0 radical (unpaired) electrons. The molecule has 4 heterocycles. The average Bonchev–Trinajstić information content (AvgIpc) is 2.87. The third-order valence-electron chi connectivity index (χ3n) is 6.89. The molecule has 2 aromatic heterocycles. The first-order valence-electron chi connectivity index (χ1n) is 12.1. The number of hydrogen-bond donors (Lipinski definition) is 1. The van der Waals surface area contributed by atoms with Crippen LogP contribution in [-0.4, -0.2) is 64.7 Å². The summed E-state index contributed by atoms with van der Waals surface area (Å²) in [5.41, 5.74) is 4.11. The Balaban J connectivity index is 1.77. The van der Waals surface area contributed by atoms with Gasteiger partial charge in [0.15, 0.2) is 5.41 Å². The number of pyridine rings is 2. The van der Waals surface area contributed by atoms with Crippen molar-refractivity contribution >= 4 is 23.2 Å². The normalized spacial score (nSPS) is 20.4. The van der Waals surface area contributed by atoms with E-state index in [1.165, 1.54) is 37.7 Å². The van der Waals surface area contributed by atoms with E-state index in [9.17, 15) is 9.59 Å². The van der Waals surface area contributed by atoms with Gasteiger partial charge in [0.05, 0.1) is 23.3 Å². The van der Waals surface area contributed by atoms with E-state index >= 15 is 13.2 Å². The smallest absolute Gasteiger partial charge is 0.369 e. The molecular weight excluding hydrogens is 485 g/mol. The highest BCUT2D eigenvalue weighted by atomic mass is 19.4. The van der Waals surface area contributed by atoms with E-state index in [2.05, 4.69) is 15.0 Å². The lowest BCUT2D eigenvalue weighted by atomic mass is 9.69. The van der Waals surface area contributed by atoms with E-state index in [1.807, 2.05) is 11.8 Å². The zero-order chi connectivity index (χ0) is 26.8. The molecule has 0 aliphatic carbocycles. The Morgan fingerprint density at radius 1 is 1.11 bits per heavy atom. The lowest BCUT2D eigenvalue weighted by Crippen LogP contribution is -2.52. The number of nitrogens with zero attached hydrogens (tertiary/aromatic N) is 5. The van der Waals surface area contributed by atoms with Crippen LogP contribution >= 0.6 is 0 Å². The Bertz CT molecular complexity index is 1230. The van der Waals surface area contributed by atoms with Crippen molar-refractivity contribution in [2.75, 3.05) is 31.1 Å². The summed E-state index contributed by atoms with van der Waals surface area (Å²) < 4.78 is 45.5. The van der Waals surface area contributed by atoms with Crippen LogP contribution in [0.1, 0.15) is 43.6 Å². The number of alkyl halides is 3. The number of anilines is 1. The van der Waals surface area contributed by atoms with Gasteiger partial charge in [0.25, 0.3) is 0 Å². The number of primary amides is 1. The number of halogens is 3. The van der Waals surface area contributed by atoms with Gasteiger partial charge < -0.3 is 15.5 Å². The molecule has 37 heavy (non-hydrogen) atoms. The number of carbonyl (C=O) groups excluding carboxylic acids is 2. The number of carbonyl (C=O) groups is 2. The second-order valence-electron chi connectivity index (χ2n) is 9.27. The molecule has 2 aliphatic rings. The van der Waals surface area contributed by atoms with Gasteiger partial charge in [0.1, 0.15) is 0 Å². The fourth-order valence-electron chi connectivity index (χ4n) is 4.90. The Morgan fingerprint density at radius 3 is 2.41 bits per heavy atom. The quantitative estimate of drug-likeness (QED) is 0.638. The monoisotopic (exact) mass is 514 g/mol. The number of hydrogen-bond acceptors (Lipinski definition) is 6. The third-order valence-corrected chi connectivity index (χ3v) is 6.89. The van der Waals surface area contributed by atoms with Crippen LogP contribution in [0.2, 0.25) is 0 Å². The molecule has 8 nitrogen and oxygen atoms in total. The summed E-state index contributed by atoms with van der Waals surface area (Å²) in [6.07, 6.45) is -0.876. The first-order valence-corrected chi connectivity index (χ1v) is 12.1. The molecule has 0 aromatic carbocycles. The van der Waals surface area contributed by atoms with Crippen molar-refractivity contribution in [3.63, 3.8) is 0 Å². The molecule has 2 aliphatic heterocycles. The summed E-state index contributed by atoms with van der Waals surface area (Å²) in [4.78, 5) is 39.7. The summed E-state index contributed by atoms with van der Waals surface area (Å²) in [7, 11) is 0. The van der Waals surface area contributed by atoms with Gasteiger partial charge in [-0.15, -0.1) is 0 Å². The zero-order valence-corrected chi connectivity index (χ0v) is 20.8. The van der Waals surface area contributed by atoms with Crippen LogP contribution in [0.3, 0.4) is 0 Å². The molecule has 1 unspecified atom stereocenters. The van der Waals surface area contributed by atoms with Crippen molar-refractivity contribution in [1.82, 2.24) is 14.9 Å². The maximum absolute atomic E-state index is 15.2. The molecular formula is C26H29F3N6O2. The fourth-order valence-corrected chi connectivity index (χ4v) is 4.90. The van der Waals surface area contributed by atoms with Crippen molar-refractivity contribution in [1.29, 1.82) is 0 Å². The van der Waals surface area contributed by atoms with Crippen molar-refractivity contribution in [3.05, 3.63) is 65.4 Å². The minimum atomic E-state index is -4.78. The lowest BCUT2D eigenvalue weighted by molar-refractivity contribution is -0.170. The van der Waals surface area contributed by atoms with Crippen LogP contribution < -0.4 is 10.6 Å². The molecule has 2 N–H and O–H groups in total. The van der Waals surface area contributed by atoms with Gasteiger partial charge in [-0.05, 0) is 42.7 Å². The highest BCUT2D eigenvalue weighted by molar-refractivity contribution is 6.09. The molecule has 0 bridgehead atoms. The highest BCUT2D eigenvalue weighted by Crippen LogP contribution is 2.49. The topological polar surface area (TPSA) is 105 Å². The van der Waals surface area contributed by atoms with E-state index in [-0.39, 0.29) is 29.3 Å². The van der Waals surface area contributed by atoms with Crippen LogP contribution in [-0.2, 0) is 21.4 Å². The number of aliphatic imine (C=N–C) groups is 1. The van der Waals surface area contributed by atoms with Crippen molar-refractivity contribution in [2.45, 2.75) is 44.7 Å². The van der Waals surface area contributed by atoms with Crippen molar-refractivity contribution in [3.8, 4) is 0 Å². The van der Waals surface area contributed by atoms with E-state index < -0.39 is 23.9 Å². The molecule has 2 amide bonds. The Labute approximate surface area is 213 Å². The zero-order valence-electron chi connectivity index (χ0n) is 20.8. The SMILES string of the molecule is CCc1cc(C2=NC=C(CC(N)=O)CC2(c2ccc(N3CCN(C(C)=O)CC3)cn2)C(F)(F)F)ccn1. The van der Waals surface area contributed by atoms with Crippen LogP contribution in [0.4, 0.5) is 18.9 Å². The molecule has 0 saturated carbocycles. The summed E-state index contributed by atoms with van der Waals surface area (Å²) in [5.74, 6) is -0.738. The van der Waals surface area contributed by atoms with Gasteiger partial charge >= 0.3 is 6.18 Å². The van der Waals surface area contributed by atoms with E-state index in [0.29, 0.717) is 49.5 Å². The maximum Gasteiger partial charge on any atom is 0.405 e. The van der Waals surface area contributed by atoms with Gasteiger partial charge in [0.2, 0.25) is 11.8 Å². The summed E-state index contributed by atoms with van der Waals surface area (Å²) >= 11 is 0. The predicted molar refractivity (Wildman–Crippen MR) is 133 cm³/mol. The van der Waals surface area contributed by atoms with Gasteiger partial charge in [-0.1, -0.05) is 6.92 Å². The average molecular weight is 515 g/mol. The molecule has 1 atom stereocenters. The van der Waals surface area contributed by atoms with Crippen LogP contribution in [0.25, 0.3) is 0 Å². The number of aromatic nitrogens is 2. The fraction of sp³-hybridized carbons (Fsp3) is 0.423. The number of rotatable bonds is 6. The minimum absolute atomic E-state index is 0.00785. The second kappa shape index (κ2) is 10.3. The molecule has 0 spiro atoms. The van der Waals surface area contributed by atoms with E-state index in [1.54, 1.807) is 17.0 Å². The maximum atomic E-state index is 15.2. The molecule has 2 aromatic rings. The number of amides is 2. The first kappa shape index (κ1) is 26.3. The summed E-state index contributed by atoms with van der Waals surface area (Å²) in [6, 6.07) is 6.11. The highest BCUT2D eigenvalue weighted by Gasteiger charge is 2.61. The predicted octanol–water partition coefficient (Wildman–Crippen LogP) is 3.16. The van der Waals surface area contributed by atoms with Gasteiger partial charge in [-0.25, -0.2) is 0 Å². The Morgan fingerprint density at radius 2 is 1.84 bits per heavy atom. The summed E-state index contributed by atoms with van der Waals surface area (Å²) in [5, 5.41) is 0. The largest absolute Gasteiger partial charge is 0.405 e. The minimum Gasteiger partial charge on any atom is -0.369 e. The Kier molecular flexibility index (Phi) is 7.33. The third kappa shape index (κ3) is 5.21. The standard InChI is InChI=1S/C26H29F3N6O2/c1-3-20-13-19(6-7-31-20)24-25(26(27,28)29,14-18(15-33-24)12-23(30)37)22-5-4-21(16-32-22)35-10-8-34(9-11-35)17(2)36/h4-7,13,15-16H,3,8-12,14H2,1-2H3,(H2,30,37). The van der Waals surface area contributed by atoms with Gasteiger partial charge in [0, 0.05) is 63.2 Å².